The van der Waals surface area contributed by atoms with Gasteiger partial charge in [-0.15, -0.1) is 22.9 Å². The van der Waals surface area contributed by atoms with Crippen molar-refractivity contribution < 1.29 is 9.53 Å². The summed E-state index contributed by atoms with van der Waals surface area (Å²) in [6.07, 6.45) is 0.623. The van der Waals surface area contributed by atoms with Crippen LogP contribution in [0, 0.1) is 11.8 Å². The highest BCUT2D eigenvalue weighted by Crippen LogP contribution is 2.16. The fourth-order valence-electron chi connectivity index (χ4n) is 0.863. The van der Waals surface area contributed by atoms with Gasteiger partial charge in [0.05, 0.1) is 7.11 Å². The highest BCUT2D eigenvalue weighted by molar-refractivity contribution is 7.12. The van der Waals surface area contributed by atoms with Crippen LogP contribution in [0.4, 0.5) is 0 Å². The fraction of sp³-hybridized carbons (Fsp3) is 0.300. The SMILES string of the molecule is COC(=O)c1sccc1C#CCCCl. The number of hydrogen-bond donors (Lipinski definition) is 0. The normalized spacial score (nSPS) is 9.00. The zero-order valence-electron chi connectivity index (χ0n) is 7.67. The lowest BCUT2D eigenvalue weighted by molar-refractivity contribution is 0.0606. The van der Waals surface area contributed by atoms with Gasteiger partial charge < -0.3 is 4.74 Å². The lowest BCUT2D eigenvalue weighted by atomic mass is 10.2. The molecule has 14 heavy (non-hydrogen) atoms. The van der Waals surface area contributed by atoms with E-state index >= 15 is 0 Å². The predicted octanol–water partition coefficient (Wildman–Crippen LogP) is 2.52. The molecule has 0 aliphatic rings. The molecule has 0 amide bonds. The van der Waals surface area contributed by atoms with E-state index in [0.717, 1.165) is 0 Å². The summed E-state index contributed by atoms with van der Waals surface area (Å²) < 4.78 is 4.62. The molecular weight excluding hydrogens is 220 g/mol. The molecule has 0 bridgehead atoms. The lowest BCUT2D eigenvalue weighted by Gasteiger charge is -1.94. The molecule has 1 rings (SSSR count). The van der Waals surface area contributed by atoms with E-state index in [1.54, 1.807) is 6.07 Å². The summed E-state index contributed by atoms with van der Waals surface area (Å²) >= 11 is 6.81. The molecule has 0 saturated carbocycles. The molecular formula is C10H9ClO2S. The first-order valence-electron chi connectivity index (χ1n) is 4.00. The first kappa shape index (κ1) is 11.1. The summed E-state index contributed by atoms with van der Waals surface area (Å²) in [5.41, 5.74) is 0.715. The Morgan fingerprint density at radius 2 is 2.50 bits per heavy atom. The third-order valence-corrected chi connectivity index (χ3v) is 2.56. The van der Waals surface area contributed by atoms with Gasteiger partial charge in [0, 0.05) is 17.9 Å². The zero-order chi connectivity index (χ0) is 10.4. The van der Waals surface area contributed by atoms with Crippen LogP contribution in [0.5, 0.6) is 0 Å². The maximum atomic E-state index is 11.2. The number of rotatable bonds is 2. The number of ether oxygens (including phenoxy) is 1. The lowest BCUT2D eigenvalue weighted by Crippen LogP contribution is -1.99. The predicted molar refractivity (Wildman–Crippen MR) is 57.9 cm³/mol. The van der Waals surface area contributed by atoms with Crippen LogP contribution in [0.1, 0.15) is 21.7 Å². The van der Waals surface area contributed by atoms with Gasteiger partial charge >= 0.3 is 5.97 Å². The summed E-state index contributed by atoms with van der Waals surface area (Å²) in [6, 6.07) is 1.80. The Labute approximate surface area is 91.8 Å². The van der Waals surface area contributed by atoms with Crippen LogP contribution < -0.4 is 0 Å². The number of carbonyl (C=O) groups is 1. The maximum Gasteiger partial charge on any atom is 0.349 e. The zero-order valence-corrected chi connectivity index (χ0v) is 9.24. The van der Waals surface area contributed by atoms with Crippen LogP contribution in [-0.2, 0) is 4.74 Å². The number of hydrogen-bond acceptors (Lipinski definition) is 3. The van der Waals surface area contributed by atoms with Crippen molar-refractivity contribution in [3.05, 3.63) is 21.9 Å². The van der Waals surface area contributed by atoms with E-state index in [0.29, 0.717) is 22.7 Å². The van der Waals surface area contributed by atoms with Gasteiger partial charge in [-0.1, -0.05) is 11.8 Å². The van der Waals surface area contributed by atoms with Crippen molar-refractivity contribution in [1.82, 2.24) is 0 Å². The number of thiophene rings is 1. The number of esters is 1. The summed E-state index contributed by atoms with van der Waals surface area (Å²) in [5, 5.41) is 1.82. The highest BCUT2D eigenvalue weighted by atomic mass is 35.5. The average molecular weight is 229 g/mol. The second-order valence-electron chi connectivity index (χ2n) is 2.40. The van der Waals surface area contributed by atoms with Gasteiger partial charge in [0.2, 0.25) is 0 Å². The Morgan fingerprint density at radius 3 is 3.14 bits per heavy atom. The van der Waals surface area contributed by atoms with Crippen LogP contribution in [-0.4, -0.2) is 19.0 Å². The minimum atomic E-state index is -0.338. The fourth-order valence-corrected chi connectivity index (χ4v) is 1.72. The molecule has 1 aromatic rings. The average Bonchev–Trinajstić information content (AvgIpc) is 2.65. The molecule has 0 spiro atoms. The van der Waals surface area contributed by atoms with Crippen LogP contribution in [0.2, 0.25) is 0 Å². The largest absolute Gasteiger partial charge is 0.465 e. The van der Waals surface area contributed by atoms with Gasteiger partial charge in [0.25, 0.3) is 0 Å². The molecule has 0 saturated heterocycles. The number of halogens is 1. The third kappa shape index (κ3) is 2.76. The van der Waals surface area contributed by atoms with Crippen LogP contribution in [0.15, 0.2) is 11.4 Å². The standard InChI is InChI=1S/C10H9ClO2S/c1-13-10(12)9-8(5-7-14-9)4-2-3-6-11/h5,7H,3,6H2,1H3. The maximum absolute atomic E-state index is 11.2. The first-order valence-corrected chi connectivity index (χ1v) is 5.41. The Hall–Kier alpha value is -0.980. The molecule has 1 heterocycles. The van der Waals surface area contributed by atoms with E-state index in [2.05, 4.69) is 16.6 Å². The van der Waals surface area contributed by atoms with Crippen molar-refractivity contribution in [3.63, 3.8) is 0 Å². The molecule has 2 nitrogen and oxygen atoms in total. The molecule has 0 atom stereocenters. The summed E-state index contributed by atoms with van der Waals surface area (Å²) in [7, 11) is 1.36. The van der Waals surface area contributed by atoms with E-state index in [4.69, 9.17) is 11.6 Å². The topological polar surface area (TPSA) is 26.3 Å². The Morgan fingerprint density at radius 1 is 1.71 bits per heavy atom. The van der Waals surface area contributed by atoms with Crippen molar-refractivity contribution in [2.45, 2.75) is 6.42 Å². The summed E-state index contributed by atoms with van der Waals surface area (Å²) in [5.74, 6) is 5.93. The minimum absolute atomic E-state index is 0.338. The quantitative estimate of drug-likeness (QED) is 0.442. The van der Waals surface area contributed by atoms with Gasteiger partial charge in [0.15, 0.2) is 0 Å². The van der Waals surface area contributed by atoms with E-state index in [-0.39, 0.29) is 5.97 Å². The van der Waals surface area contributed by atoms with Gasteiger partial charge in [-0.3, -0.25) is 0 Å². The summed E-state index contributed by atoms with van der Waals surface area (Å²) in [4.78, 5) is 11.8. The second-order valence-corrected chi connectivity index (χ2v) is 3.69. The van der Waals surface area contributed by atoms with Gasteiger partial charge in [-0.05, 0) is 11.4 Å². The summed E-state index contributed by atoms with van der Waals surface area (Å²) in [6.45, 7) is 0. The van der Waals surface area contributed by atoms with Gasteiger partial charge in [-0.25, -0.2) is 4.79 Å². The monoisotopic (exact) mass is 228 g/mol. The Kier molecular flexibility index (Phi) is 4.51. The molecule has 0 fully saturated rings. The van der Waals surface area contributed by atoms with Crippen molar-refractivity contribution >= 4 is 28.9 Å². The van der Waals surface area contributed by atoms with Gasteiger partial charge in [0.1, 0.15) is 4.88 Å². The van der Waals surface area contributed by atoms with E-state index in [9.17, 15) is 4.79 Å². The molecule has 74 valence electrons. The Bertz CT molecular complexity index is 373. The number of alkyl halides is 1. The molecule has 0 unspecified atom stereocenters. The molecule has 0 N–H and O–H groups in total. The van der Waals surface area contributed by atoms with Crippen LogP contribution >= 0.6 is 22.9 Å². The molecule has 4 heteroatoms. The smallest absolute Gasteiger partial charge is 0.349 e. The molecule has 0 aromatic carbocycles. The first-order chi connectivity index (χ1) is 6.79. The van der Waals surface area contributed by atoms with E-state index in [1.165, 1.54) is 18.4 Å². The second kappa shape index (κ2) is 5.69. The molecule has 0 aliphatic carbocycles. The van der Waals surface area contributed by atoms with Crippen LogP contribution in [0.25, 0.3) is 0 Å². The minimum Gasteiger partial charge on any atom is -0.465 e. The number of methoxy groups -OCH3 is 1. The van der Waals surface area contributed by atoms with Crippen molar-refractivity contribution in [2.75, 3.05) is 13.0 Å². The van der Waals surface area contributed by atoms with E-state index in [1.807, 2.05) is 5.38 Å². The molecule has 1 aromatic heterocycles. The molecule has 0 aliphatic heterocycles. The van der Waals surface area contributed by atoms with Crippen LogP contribution in [0.3, 0.4) is 0 Å². The number of carbonyl (C=O) groups excluding carboxylic acids is 1. The Balaban J connectivity index is 2.84. The highest BCUT2D eigenvalue weighted by Gasteiger charge is 2.11. The molecule has 0 radical (unpaired) electrons. The van der Waals surface area contributed by atoms with E-state index < -0.39 is 0 Å². The van der Waals surface area contributed by atoms with Crippen molar-refractivity contribution in [1.29, 1.82) is 0 Å². The van der Waals surface area contributed by atoms with Gasteiger partial charge in [-0.2, -0.15) is 0 Å². The van der Waals surface area contributed by atoms with Crippen molar-refractivity contribution in [2.24, 2.45) is 0 Å². The third-order valence-electron chi connectivity index (χ3n) is 1.48. The van der Waals surface area contributed by atoms with Crippen molar-refractivity contribution in [3.8, 4) is 11.8 Å².